The van der Waals surface area contributed by atoms with Crippen LogP contribution in [0.25, 0.3) is 0 Å². The third kappa shape index (κ3) is 7.33. The van der Waals surface area contributed by atoms with E-state index in [9.17, 15) is 17.6 Å². The minimum absolute atomic E-state index is 0.0529. The third-order valence-corrected chi connectivity index (χ3v) is 9.83. The molecule has 1 amide bonds. The molecule has 2 aliphatic rings. The maximum absolute atomic E-state index is 13.2. The van der Waals surface area contributed by atoms with E-state index in [1.54, 1.807) is 0 Å². The lowest BCUT2D eigenvalue weighted by Crippen LogP contribution is -2.37. The summed E-state index contributed by atoms with van der Waals surface area (Å²) in [5.74, 6) is 0.324. The summed E-state index contributed by atoms with van der Waals surface area (Å²) in [4.78, 5) is 14.8. The van der Waals surface area contributed by atoms with Crippen molar-refractivity contribution in [3.05, 3.63) is 64.9 Å². The van der Waals surface area contributed by atoms with Crippen LogP contribution in [0.15, 0.2) is 53.4 Å². The first-order valence-corrected chi connectivity index (χ1v) is 15.0. The highest BCUT2D eigenvalue weighted by Gasteiger charge is 2.34. The van der Waals surface area contributed by atoms with Gasteiger partial charge in [-0.25, -0.2) is 12.8 Å². The highest BCUT2D eigenvalue weighted by atomic mass is 35.5. The summed E-state index contributed by atoms with van der Waals surface area (Å²) in [7, 11) is 0.526. The van der Waals surface area contributed by atoms with Gasteiger partial charge in [0.15, 0.2) is 0 Å². The fraction of sp³-hybridized carbons (Fsp3) is 0.536. The lowest BCUT2D eigenvalue weighted by atomic mass is 9.76. The molecule has 0 radical (unpaired) electrons. The zero-order valence-electron chi connectivity index (χ0n) is 22.0. The highest BCUT2D eigenvalue weighted by Crippen LogP contribution is 2.39. The fourth-order valence-corrected chi connectivity index (χ4v) is 7.28. The Bertz CT molecular complexity index is 1170. The van der Waals surface area contributed by atoms with Crippen LogP contribution in [0.3, 0.4) is 0 Å². The van der Waals surface area contributed by atoms with Crippen molar-refractivity contribution in [1.29, 1.82) is 0 Å². The van der Waals surface area contributed by atoms with E-state index in [2.05, 4.69) is 36.4 Å². The predicted molar refractivity (Wildman–Crippen MR) is 146 cm³/mol. The first-order valence-electron chi connectivity index (χ1n) is 13.2. The lowest BCUT2D eigenvalue weighted by Gasteiger charge is -2.37. The topological polar surface area (TPSA) is 79.0 Å². The molecule has 208 valence electrons. The quantitative estimate of drug-likeness (QED) is 0.459. The van der Waals surface area contributed by atoms with Crippen molar-refractivity contribution in [2.45, 2.75) is 49.1 Å². The number of nitrogens with one attached hydrogen (secondary N) is 1. The van der Waals surface area contributed by atoms with Crippen LogP contribution in [-0.2, 0) is 19.6 Å². The monoisotopic (exact) mass is 565 g/mol. The number of amides is 1. The number of ether oxygens (including phenoxy) is 1. The molecule has 2 unspecified atom stereocenters. The average molecular weight is 566 g/mol. The van der Waals surface area contributed by atoms with Crippen molar-refractivity contribution < 1.29 is 22.3 Å². The Balaban J connectivity index is 1.17. The molecule has 2 aromatic carbocycles. The maximum Gasteiger partial charge on any atom is 0.246 e. The van der Waals surface area contributed by atoms with Gasteiger partial charge in [-0.05, 0) is 100.0 Å². The number of rotatable bonds is 10. The zero-order chi connectivity index (χ0) is 27.3. The minimum Gasteiger partial charge on any atom is -0.367 e. The highest BCUT2D eigenvalue weighted by molar-refractivity contribution is 7.89. The van der Waals surface area contributed by atoms with E-state index in [1.165, 1.54) is 22.0 Å². The van der Waals surface area contributed by atoms with Crippen molar-refractivity contribution in [2.75, 3.05) is 40.3 Å². The van der Waals surface area contributed by atoms with Crippen molar-refractivity contribution >= 4 is 27.5 Å². The molecule has 2 fully saturated rings. The molecule has 2 aromatic rings. The molecular weight excluding hydrogens is 529 g/mol. The molecule has 7 nitrogen and oxygen atoms in total. The van der Waals surface area contributed by atoms with Gasteiger partial charge in [-0.3, -0.25) is 4.79 Å². The van der Waals surface area contributed by atoms with E-state index in [-0.39, 0.29) is 30.1 Å². The lowest BCUT2D eigenvalue weighted by molar-refractivity contribution is -0.127. The van der Waals surface area contributed by atoms with Gasteiger partial charge in [0.05, 0.1) is 11.0 Å². The Labute approximate surface area is 230 Å². The van der Waals surface area contributed by atoms with Crippen LogP contribution in [0.4, 0.5) is 4.39 Å². The van der Waals surface area contributed by atoms with Gasteiger partial charge in [-0.2, -0.15) is 4.31 Å². The Hall–Kier alpha value is -2.04. The van der Waals surface area contributed by atoms with Crippen molar-refractivity contribution in [2.24, 2.45) is 11.8 Å². The molecule has 1 saturated heterocycles. The van der Waals surface area contributed by atoms with Crippen LogP contribution < -0.4 is 5.32 Å². The molecule has 0 bridgehead atoms. The van der Waals surface area contributed by atoms with Crippen LogP contribution in [0, 0.1) is 17.7 Å². The van der Waals surface area contributed by atoms with Gasteiger partial charge in [-0.15, -0.1) is 0 Å². The molecule has 10 heteroatoms. The minimum atomic E-state index is -3.71. The fourth-order valence-electron chi connectivity index (χ4n) is 5.67. The summed E-state index contributed by atoms with van der Waals surface area (Å²) in [5.41, 5.74) is 1.28. The van der Waals surface area contributed by atoms with Crippen molar-refractivity contribution in [3.63, 3.8) is 0 Å². The van der Waals surface area contributed by atoms with Crippen LogP contribution in [0.2, 0.25) is 5.02 Å². The normalized spacial score (nSPS) is 23.4. The van der Waals surface area contributed by atoms with Gasteiger partial charge < -0.3 is 15.0 Å². The van der Waals surface area contributed by atoms with Gasteiger partial charge in [0.1, 0.15) is 12.4 Å². The molecule has 2 atom stereocenters. The van der Waals surface area contributed by atoms with Crippen LogP contribution in [0.1, 0.15) is 43.7 Å². The SMILES string of the molecule is CN(C)C(c1ccc(Cl)cc1)C1CCC(CNC(=O)COC2CCN(S(=O)(=O)c3ccc(F)cc3)C2)CC1. The number of nitrogens with zero attached hydrogens (tertiary/aromatic N) is 2. The van der Waals surface area contributed by atoms with Crippen molar-refractivity contribution in [3.8, 4) is 0 Å². The predicted octanol–water partition coefficient (Wildman–Crippen LogP) is 4.48. The number of hydrogen-bond donors (Lipinski definition) is 1. The number of hydrogen-bond acceptors (Lipinski definition) is 5. The van der Waals surface area contributed by atoms with Gasteiger partial charge in [0.25, 0.3) is 0 Å². The first kappa shape index (κ1) is 29.0. The number of carbonyl (C=O) groups excluding carboxylic acids is 1. The summed E-state index contributed by atoms with van der Waals surface area (Å²) in [6.45, 7) is 1.01. The molecule has 1 aliphatic carbocycles. The van der Waals surface area contributed by atoms with Crippen LogP contribution in [-0.4, -0.2) is 70.0 Å². The zero-order valence-corrected chi connectivity index (χ0v) is 23.6. The Kier molecular flexibility index (Phi) is 9.81. The van der Waals surface area contributed by atoms with Crippen LogP contribution >= 0.6 is 11.6 Å². The van der Waals surface area contributed by atoms with E-state index in [0.717, 1.165) is 42.8 Å². The molecule has 1 aliphatic heterocycles. The Morgan fingerprint density at radius 2 is 1.74 bits per heavy atom. The Morgan fingerprint density at radius 1 is 1.08 bits per heavy atom. The van der Waals surface area contributed by atoms with Crippen LogP contribution in [0.5, 0.6) is 0 Å². The molecular formula is C28H37ClFN3O4S. The first-order chi connectivity index (χ1) is 18.1. The van der Waals surface area contributed by atoms with E-state index in [0.29, 0.717) is 37.4 Å². The second-order valence-corrected chi connectivity index (χ2v) is 13.0. The molecule has 38 heavy (non-hydrogen) atoms. The second-order valence-electron chi connectivity index (χ2n) is 10.6. The molecule has 0 aromatic heterocycles. The van der Waals surface area contributed by atoms with Gasteiger partial charge in [0, 0.05) is 30.7 Å². The van der Waals surface area contributed by atoms with Crippen molar-refractivity contribution in [1.82, 2.24) is 14.5 Å². The second kappa shape index (κ2) is 12.9. The molecule has 1 N–H and O–H groups in total. The summed E-state index contributed by atoms with van der Waals surface area (Å²) in [5, 5.41) is 3.74. The summed E-state index contributed by atoms with van der Waals surface area (Å²) in [6.07, 6.45) is 4.48. The number of halogens is 2. The smallest absolute Gasteiger partial charge is 0.246 e. The summed E-state index contributed by atoms with van der Waals surface area (Å²) >= 11 is 6.08. The number of carbonyl (C=O) groups is 1. The molecule has 1 heterocycles. The van der Waals surface area contributed by atoms with E-state index < -0.39 is 15.8 Å². The van der Waals surface area contributed by atoms with Gasteiger partial charge in [0.2, 0.25) is 15.9 Å². The van der Waals surface area contributed by atoms with Gasteiger partial charge >= 0.3 is 0 Å². The standard InChI is InChI=1S/C28H37ClFN3O4S/c1-32(2)28(22-7-9-23(29)10-8-22)21-5-3-20(4-6-21)17-31-27(34)19-37-25-15-16-33(18-25)38(35,36)26-13-11-24(30)12-14-26/h7-14,20-21,25,28H,3-6,15-19H2,1-2H3,(H,31,34). The average Bonchev–Trinajstić information content (AvgIpc) is 3.38. The van der Waals surface area contributed by atoms with E-state index in [4.69, 9.17) is 16.3 Å². The van der Waals surface area contributed by atoms with Gasteiger partial charge in [-0.1, -0.05) is 23.7 Å². The number of benzene rings is 2. The molecule has 4 rings (SSSR count). The maximum atomic E-state index is 13.2. The molecule has 0 spiro atoms. The summed E-state index contributed by atoms with van der Waals surface area (Å²) in [6, 6.07) is 13.3. The van der Waals surface area contributed by atoms with E-state index >= 15 is 0 Å². The summed E-state index contributed by atoms with van der Waals surface area (Å²) < 4.78 is 45.7. The van der Waals surface area contributed by atoms with E-state index in [1.807, 2.05) is 12.1 Å². The Morgan fingerprint density at radius 3 is 2.37 bits per heavy atom. The third-order valence-electron chi connectivity index (χ3n) is 7.70. The number of sulfonamides is 1. The largest absolute Gasteiger partial charge is 0.367 e. The molecule has 1 saturated carbocycles.